The molecule has 2 heterocycles. The Bertz CT molecular complexity index is 516. The van der Waals surface area contributed by atoms with Crippen LogP contribution in [-0.2, 0) is 6.18 Å². The van der Waals surface area contributed by atoms with Crippen molar-refractivity contribution in [1.82, 2.24) is 19.6 Å². The third-order valence-corrected chi connectivity index (χ3v) is 1.99. The molecule has 0 unspecified atom stereocenters. The number of hydrogen-bond acceptors (Lipinski definition) is 4. The lowest BCUT2D eigenvalue weighted by Crippen LogP contribution is -2.14. The molecule has 0 bridgehead atoms. The van der Waals surface area contributed by atoms with Gasteiger partial charge in [-0.05, 0) is 0 Å². The summed E-state index contributed by atoms with van der Waals surface area (Å²) < 4.78 is 38.5. The second-order valence-corrected chi connectivity index (χ2v) is 3.36. The van der Waals surface area contributed by atoms with Crippen LogP contribution in [0.15, 0.2) is 12.4 Å². The van der Waals surface area contributed by atoms with E-state index in [1.54, 1.807) is 19.0 Å². The Morgan fingerprint density at radius 2 is 1.94 bits per heavy atom. The second kappa shape index (κ2) is 3.32. The van der Waals surface area contributed by atoms with Crippen molar-refractivity contribution in [3.8, 4) is 0 Å². The molecule has 2 aromatic heterocycles. The first-order valence-corrected chi connectivity index (χ1v) is 4.35. The van der Waals surface area contributed by atoms with E-state index in [0.29, 0.717) is 5.82 Å². The Kier molecular flexibility index (Phi) is 2.21. The molecule has 8 heteroatoms. The van der Waals surface area contributed by atoms with Gasteiger partial charge in [0, 0.05) is 26.5 Å². The zero-order chi connectivity index (χ0) is 11.9. The van der Waals surface area contributed by atoms with Crippen molar-refractivity contribution in [1.29, 1.82) is 0 Å². The first kappa shape index (κ1) is 10.7. The Labute approximate surface area is 88.5 Å². The van der Waals surface area contributed by atoms with E-state index in [4.69, 9.17) is 0 Å². The fraction of sp³-hybridized carbons (Fsp3) is 0.375. The molecule has 86 valence electrons. The fourth-order valence-electron chi connectivity index (χ4n) is 1.32. The maximum absolute atomic E-state index is 12.5. The molecule has 0 aliphatic heterocycles. The summed E-state index contributed by atoms with van der Waals surface area (Å²) in [7, 11) is 3.34. The lowest BCUT2D eigenvalue weighted by Gasteiger charge is -2.11. The van der Waals surface area contributed by atoms with E-state index in [0.717, 1.165) is 4.40 Å². The van der Waals surface area contributed by atoms with Gasteiger partial charge in [-0.3, -0.25) is 4.40 Å². The lowest BCUT2D eigenvalue weighted by atomic mass is 10.5. The first-order valence-electron chi connectivity index (χ1n) is 4.35. The van der Waals surface area contributed by atoms with Crippen molar-refractivity contribution < 1.29 is 13.2 Å². The molecule has 0 aliphatic carbocycles. The van der Waals surface area contributed by atoms with Crippen LogP contribution in [0.3, 0.4) is 0 Å². The van der Waals surface area contributed by atoms with Crippen molar-refractivity contribution >= 4 is 11.5 Å². The van der Waals surface area contributed by atoms with Crippen LogP contribution in [0.5, 0.6) is 0 Å². The van der Waals surface area contributed by atoms with Gasteiger partial charge in [0.2, 0.25) is 11.5 Å². The molecule has 0 aliphatic rings. The minimum Gasteiger partial charge on any atom is -0.360 e. The molecule has 0 N–H and O–H groups in total. The molecule has 0 saturated carbocycles. The molecule has 0 aromatic carbocycles. The molecule has 0 amide bonds. The van der Waals surface area contributed by atoms with Crippen molar-refractivity contribution in [3.63, 3.8) is 0 Å². The molecule has 16 heavy (non-hydrogen) atoms. The predicted molar refractivity (Wildman–Crippen MR) is 50.1 cm³/mol. The van der Waals surface area contributed by atoms with E-state index in [9.17, 15) is 13.2 Å². The van der Waals surface area contributed by atoms with Gasteiger partial charge in [-0.25, -0.2) is 4.98 Å². The molecular formula is C8H8F3N5. The molecule has 0 spiro atoms. The van der Waals surface area contributed by atoms with E-state index in [-0.39, 0.29) is 5.65 Å². The molecule has 0 atom stereocenters. The highest BCUT2D eigenvalue weighted by Gasteiger charge is 2.37. The molecular weight excluding hydrogens is 223 g/mol. The zero-order valence-corrected chi connectivity index (χ0v) is 8.52. The number of halogens is 3. The summed E-state index contributed by atoms with van der Waals surface area (Å²) in [4.78, 5) is 5.51. The SMILES string of the molecule is CN(C)c1nccn2c(C(F)(F)F)nnc12. The summed E-state index contributed by atoms with van der Waals surface area (Å²) in [5.74, 6) is -0.710. The topological polar surface area (TPSA) is 46.3 Å². The molecule has 0 radical (unpaired) electrons. The maximum Gasteiger partial charge on any atom is 0.452 e. The van der Waals surface area contributed by atoms with Crippen molar-refractivity contribution in [2.45, 2.75) is 6.18 Å². The van der Waals surface area contributed by atoms with Gasteiger partial charge in [0.05, 0.1) is 0 Å². The molecule has 2 rings (SSSR count). The number of anilines is 1. The number of hydrogen-bond donors (Lipinski definition) is 0. The Hall–Kier alpha value is -1.86. The highest BCUT2D eigenvalue weighted by atomic mass is 19.4. The molecule has 5 nitrogen and oxygen atoms in total. The summed E-state index contributed by atoms with van der Waals surface area (Å²) in [6.07, 6.45) is -2.06. The largest absolute Gasteiger partial charge is 0.452 e. The maximum atomic E-state index is 12.5. The van der Waals surface area contributed by atoms with Gasteiger partial charge < -0.3 is 4.90 Å². The summed E-state index contributed by atoms with van der Waals surface area (Å²) in [5, 5.41) is 6.63. The monoisotopic (exact) mass is 231 g/mol. The van der Waals surface area contributed by atoms with Crippen LogP contribution in [0.25, 0.3) is 5.65 Å². The number of nitrogens with zero attached hydrogens (tertiary/aromatic N) is 5. The van der Waals surface area contributed by atoms with Crippen molar-refractivity contribution in [2.75, 3.05) is 19.0 Å². The van der Waals surface area contributed by atoms with E-state index < -0.39 is 12.0 Å². The van der Waals surface area contributed by atoms with Gasteiger partial charge in [-0.2, -0.15) is 13.2 Å². The zero-order valence-electron chi connectivity index (χ0n) is 8.52. The van der Waals surface area contributed by atoms with Gasteiger partial charge in [-0.1, -0.05) is 0 Å². The number of rotatable bonds is 1. The standard InChI is InChI=1S/C8H8F3N5/c1-15(2)5-6-13-14-7(8(9,10)11)16(6)4-3-12-5/h3-4H,1-2H3. The summed E-state index contributed by atoms with van der Waals surface area (Å²) in [6, 6.07) is 0. The third-order valence-electron chi connectivity index (χ3n) is 1.99. The smallest absolute Gasteiger partial charge is 0.360 e. The van der Waals surface area contributed by atoms with E-state index in [1.165, 1.54) is 12.4 Å². The molecule has 0 saturated heterocycles. The van der Waals surface area contributed by atoms with Crippen LogP contribution < -0.4 is 4.90 Å². The molecule has 2 aromatic rings. The van der Waals surface area contributed by atoms with Gasteiger partial charge in [0.1, 0.15) is 0 Å². The fourth-order valence-corrected chi connectivity index (χ4v) is 1.32. The average molecular weight is 231 g/mol. The minimum absolute atomic E-state index is 0.0832. The summed E-state index contributed by atoms with van der Waals surface area (Å²) in [5.41, 5.74) is 0.0832. The predicted octanol–water partition coefficient (Wildman–Crippen LogP) is 1.21. The first-order chi connectivity index (χ1) is 7.41. The highest BCUT2D eigenvalue weighted by Crippen LogP contribution is 2.29. The van der Waals surface area contributed by atoms with Crippen molar-refractivity contribution in [3.05, 3.63) is 18.2 Å². The van der Waals surface area contributed by atoms with Crippen LogP contribution in [0.4, 0.5) is 19.0 Å². The normalized spacial score (nSPS) is 12.1. The highest BCUT2D eigenvalue weighted by molar-refractivity contribution is 5.62. The quantitative estimate of drug-likeness (QED) is 0.740. The van der Waals surface area contributed by atoms with Crippen LogP contribution in [0.1, 0.15) is 5.82 Å². The number of fused-ring (bicyclic) bond motifs is 1. The van der Waals surface area contributed by atoms with Crippen LogP contribution >= 0.6 is 0 Å². The van der Waals surface area contributed by atoms with Gasteiger partial charge in [-0.15, -0.1) is 10.2 Å². The van der Waals surface area contributed by atoms with E-state index in [1.807, 2.05) is 0 Å². The second-order valence-electron chi connectivity index (χ2n) is 3.36. The Morgan fingerprint density at radius 3 is 2.50 bits per heavy atom. The van der Waals surface area contributed by atoms with Gasteiger partial charge in [0.25, 0.3) is 0 Å². The van der Waals surface area contributed by atoms with E-state index >= 15 is 0 Å². The summed E-state index contributed by atoms with van der Waals surface area (Å²) in [6.45, 7) is 0. The minimum atomic E-state index is -4.52. The third kappa shape index (κ3) is 1.55. The van der Waals surface area contributed by atoms with Crippen molar-refractivity contribution in [2.24, 2.45) is 0 Å². The summed E-state index contributed by atoms with van der Waals surface area (Å²) >= 11 is 0. The Balaban J connectivity index is 2.71. The Morgan fingerprint density at radius 1 is 1.25 bits per heavy atom. The van der Waals surface area contributed by atoms with Gasteiger partial charge in [0.15, 0.2) is 5.82 Å². The number of alkyl halides is 3. The van der Waals surface area contributed by atoms with Crippen LogP contribution in [0, 0.1) is 0 Å². The average Bonchev–Trinajstić information content (AvgIpc) is 2.59. The number of aromatic nitrogens is 4. The van der Waals surface area contributed by atoms with E-state index in [2.05, 4.69) is 15.2 Å². The van der Waals surface area contributed by atoms with Crippen LogP contribution in [-0.4, -0.2) is 33.7 Å². The lowest BCUT2D eigenvalue weighted by molar-refractivity contribution is -0.145. The van der Waals surface area contributed by atoms with Crippen LogP contribution in [0.2, 0.25) is 0 Å². The van der Waals surface area contributed by atoms with Gasteiger partial charge >= 0.3 is 6.18 Å². The molecule has 0 fully saturated rings.